The molecule has 0 aliphatic carbocycles. The molecule has 0 fully saturated rings. The van der Waals surface area contributed by atoms with Crippen LogP contribution < -0.4 is 5.73 Å². The quantitative estimate of drug-likeness (QED) is 0.829. The summed E-state index contributed by atoms with van der Waals surface area (Å²) in [5.41, 5.74) is 8.67. The summed E-state index contributed by atoms with van der Waals surface area (Å²) >= 11 is 0. The Labute approximate surface area is 98.8 Å². The fourth-order valence-corrected chi connectivity index (χ4v) is 1.91. The van der Waals surface area contributed by atoms with Gasteiger partial charge in [-0.15, -0.1) is 0 Å². The lowest BCUT2D eigenvalue weighted by Gasteiger charge is -2.26. The van der Waals surface area contributed by atoms with Gasteiger partial charge < -0.3 is 10.5 Å². The Balaban J connectivity index is 2.58. The molecular formula is C14H23NO. The van der Waals surface area contributed by atoms with Crippen molar-refractivity contribution in [3.05, 3.63) is 35.4 Å². The van der Waals surface area contributed by atoms with Crippen molar-refractivity contribution in [2.24, 2.45) is 5.73 Å². The maximum Gasteiger partial charge on any atom is 0.0637 e. The molecule has 2 nitrogen and oxygen atoms in total. The molecule has 0 aliphatic rings. The lowest BCUT2D eigenvalue weighted by Crippen LogP contribution is -2.35. The average Bonchev–Trinajstić information content (AvgIpc) is 2.21. The number of hydrogen-bond acceptors (Lipinski definition) is 2. The fraction of sp³-hybridized carbons (Fsp3) is 0.571. The zero-order chi connectivity index (χ0) is 12.2. The molecule has 0 bridgehead atoms. The van der Waals surface area contributed by atoms with Crippen LogP contribution in [0.1, 0.15) is 31.4 Å². The first-order chi connectivity index (χ1) is 7.44. The first-order valence-corrected chi connectivity index (χ1v) is 5.80. The molecule has 1 aromatic carbocycles. The van der Waals surface area contributed by atoms with Gasteiger partial charge in [-0.1, -0.05) is 24.3 Å². The van der Waals surface area contributed by atoms with Gasteiger partial charge in [-0.25, -0.2) is 0 Å². The van der Waals surface area contributed by atoms with E-state index in [-0.39, 0.29) is 11.6 Å². The highest BCUT2D eigenvalue weighted by Crippen LogP contribution is 2.18. The number of methoxy groups -OCH3 is 1. The van der Waals surface area contributed by atoms with Crippen molar-refractivity contribution in [2.45, 2.75) is 45.3 Å². The van der Waals surface area contributed by atoms with E-state index in [0.717, 1.165) is 12.8 Å². The topological polar surface area (TPSA) is 35.2 Å². The molecule has 0 radical (unpaired) electrons. The summed E-state index contributed by atoms with van der Waals surface area (Å²) in [6.45, 7) is 6.28. The van der Waals surface area contributed by atoms with Gasteiger partial charge >= 0.3 is 0 Å². The van der Waals surface area contributed by atoms with E-state index in [2.05, 4.69) is 45.0 Å². The highest BCUT2D eigenvalue weighted by atomic mass is 16.5. The molecule has 1 unspecified atom stereocenters. The predicted molar refractivity (Wildman–Crippen MR) is 68.6 cm³/mol. The molecule has 1 atom stereocenters. The third-order valence-corrected chi connectivity index (χ3v) is 3.05. The Hall–Kier alpha value is -0.860. The number of aryl methyl sites for hydroxylation is 1. The second-order valence-electron chi connectivity index (χ2n) is 5.06. The van der Waals surface area contributed by atoms with Gasteiger partial charge in [-0.05, 0) is 44.7 Å². The molecule has 1 rings (SSSR count). The summed E-state index contributed by atoms with van der Waals surface area (Å²) in [5, 5.41) is 0. The summed E-state index contributed by atoms with van der Waals surface area (Å²) in [6, 6.07) is 8.55. The lowest BCUT2D eigenvalue weighted by atomic mass is 9.93. The van der Waals surface area contributed by atoms with Crippen LogP contribution in [0.2, 0.25) is 0 Å². The van der Waals surface area contributed by atoms with Crippen LogP contribution in [0.3, 0.4) is 0 Å². The van der Waals surface area contributed by atoms with Crippen molar-refractivity contribution in [2.75, 3.05) is 7.11 Å². The Bertz CT molecular complexity index is 333. The maximum absolute atomic E-state index is 6.16. The molecule has 90 valence electrons. The number of hydrogen-bond donors (Lipinski definition) is 1. The average molecular weight is 221 g/mol. The van der Waals surface area contributed by atoms with Crippen LogP contribution >= 0.6 is 0 Å². The van der Waals surface area contributed by atoms with Gasteiger partial charge in [-0.3, -0.25) is 0 Å². The largest absolute Gasteiger partial charge is 0.379 e. The molecule has 16 heavy (non-hydrogen) atoms. The summed E-state index contributed by atoms with van der Waals surface area (Å²) in [5.74, 6) is 0. The smallest absolute Gasteiger partial charge is 0.0637 e. The molecule has 0 saturated carbocycles. The van der Waals surface area contributed by atoms with Gasteiger partial charge in [0, 0.05) is 13.2 Å². The van der Waals surface area contributed by atoms with E-state index in [1.807, 2.05) is 0 Å². The fourth-order valence-electron chi connectivity index (χ4n) is 1.91. The first-order valence-electron chi connectivity index (χ1n) is 5.80. The van der Waals surface area contributed by atoms with E-state index >= 15 is 0 Å². The Morgan fingerprint density at radius 1 is 1.31 bits per heavy atom. The van der Waals surface area contributed by atoms with Crippen molar-refractivity contribution in [1.82, 2.24) is 0 Å². The minimum Gasteiger partial charge on any atom is -0.379 e. The molecule has 1 aromatic rings. The number of benzene rings is 1. The summed E-state index contributed by atoms with van der Waals surface area (Å²) in [4.78, 5) is 0. The number of nitrogens with two attached hydrogens (primary N) is 1. The zero-order valence-electron chi connectivity index (χ0n) is 10.8. The molecule has 0 aromatic heterocycles. The monoisotopic (exact) mass is 221 g/mol. The van der Waals surface area contributed by atoms with Crippen molar-refractivity contribution in [3.63, 3.8) is 0 Å². The Morgan fingerprint density at radius 2 is 1.94 bits per heavy atom. The van der Waals surface area contributed by atoms with Crippen LogP contribution in [0.15, 0.2) is 24.3 Å². The van der Waals surface area contributed by atoms with E-state index in [9.17, 15) is 0 Å². The zero-order valence-corrected chi connectivity index (χ0v) is 10.8. The van der Waals surface area contributed by atoms with Crippen LogP contribution in [0, 0.1) is 6.92 Å². The summed E-state index contributed by atoms with van der Waals surface area (Å²) in [6.07, 6.45) is 1.79. The number of rotatable bonds is 5. The van der Waals surface area contributed by atoms with E-state index in [0.29, 0.717) is 0 Å². The van der Waals surface area contributed by atoms with Crippen molar-refractivity contribution in [1.29, 1.82) is 0 Å². The predicted octanol–water partition coefficient (Wildman–Crippen LogP) is 2.68. The third kappa shape index (κ3) is 3.95. The van der Waals surface area contributed by atoms with E-state index in [1.165, 1.54) is 11.1 Å². The lowest BCUT2D eigenvalue weighted by molar-refractivity contribution is 0.0102. The van der Waals surface area contributed by atoms with Crippen LogP contribution in [0.5, 0.6) is 0 Å². The molecular weight excluding hydrogens is 198 g/mol. The standard InChI is InChI=1S/C14H23NO/c1-11-7-5-6-8-12(11)9-13(15)10-14(2,3)16-4/h5-8,13H,9-10,15H2,1-4H3. The van der Waals surface area contributed by atoms with E-state index in [4.69, 9.17) is 10.5 Å². The highest BCUT2D eigenvalue weighted by Gasteiger charge is 2.20. The summed E-state index contributed by atoms with van der Waals surface area (Å²) in [7, 11) is 1.74. The van der Waals surface area contributed by atoms with Gasteiger partial charge in [0.05, 0.1) is 5.60 Å². The minimum atomic E-state index is -0.137. The van der Waals surface area contributed by atoms with Crippen molar-refractivity contribution < 1.29 is 4.74 Å². The Kier molecular flexibility index (Phi) is 4.51. The second kappa shape index (κ2) is 5.46. The van der Waals surface area contributed by atoms with Gasteiger partial charge in [0.15, 0.2) is 0 Å². The normalized spacial score (nSPS) is 13.8. The van der Waals surface area contributed by atoms with Crippen LogP contribution in [0.25, 0.3) is 0 Å². The van der Waals surface area contributed by atoms with E-state index in [1.54, 1.807) is 7.11 Å². The third-order valence-electron chi connectivity index (χ3n) is 3.05. The molecule has 0 aliphatic heterocycles. The molecule has 0 saturated heterocycles. The molecule has 0 spiro atoms. The van der Waals surface area contributed by atoms with Crippen LogP contribution in [-0.2, 0) is 11.2 Å². The van der Waals surface area contributed by atoms with Crippen molar-refractivity contribution in [3.8, 4) is 0 Å². The van der Waals surface area contributed by atoms with Crippen LogP contribution in [-0.4, -0.2) is 18.8 Å². The van der Waals surface area contributed by atoms with Gasteiger partial charge in [0.1, 0.15) is 0 Å². The van der Waals surface area contributed by atoms with Gasteiger partial charge in [0.2, 0.25) is 0 Å². The van der Waals surface area contributed by atoms with Gasteiger partial charge in [-0.2, -0.15) is 0 Å². The molecule has 2 N–H and O–H groups in total. The Morgan fingerprint density at radius 3 is 2.50 bits per heavy atom. The molecule has 0 heterocycles. The first kappa shape index (κ1) is 13.2. The summed E-state index contributed by atoms with van der Waals surface area (Å²) < 4.78 is 5.40. The number of ether oxygens (including phenoxy) is 1. The molecule has 2 heteroatoms. The maximum atomic E-state index is 6.16. The minimum absolute atomic E-state index is 0.137. The second-order valence-corrected chi connectivity index (χ2v) is 5.06. The molecule has 0 amide bonds. The van der Waals surface area contributed by atoms with Gasteiger partial charge in [0.25, 0.3) is 0 Å². The highest BCUT2D eigenvalue weighted by molar-refractivity contribution is 5.26. The van der Waals surface area contributed by atoms with Crippen molar-refractivity contribution >= 4 is 0 Å². The SMILES string of the molecule is COC(C)(C)CC(N)Cc1ccccc1C. The van der Waals surface area contributed by atoms with Crippen LogP contribution in [0.4, 0.5) is 0 Å². The van der Waals surface area contributed by atoms with E-state index < -0.39 is 0 Å².